The van der Waals surface area contributed by atoms with Crippen molar-refractivity contribution < 1.29 is 14.3 Å². The van der Waals surface area contributed by atoms with Gasteiger partial charge in [-0.1, -0.05) is 19.1 Å². The van der Waals surface area contributed by atoms with Gasteiger partial charge in [0, 0.05) is 17.1 Å². The Labute approximate surface area is 188 Å². The number of anilines is 1. The molecule has 0 aliphatic heterocycles. The van der Waals surface area contributed by atoms with E-state index in [0.29, 0.717) is 23.9 Å². The quantitative estimate of drug-likeness (QED) is 0.454. The fourth-order valence-corrected chi connectivity index (χ4v) is 4.10. The number of ether oxygens (including phenoxy) is 2. The third-order valence-corrected chi connectivity index (χ3v) is 6.13. The van der Waals surface area contributed by atoms with Gasteiger partial charge in [-0.3, -0.25) is 5.32 Å². The van der Waals surface area contributed by atoms with Crippen molar-refractivity contribution in [2.45, 2.75) is 58.6 Å². The second-order valence-corrected chi connectivity index (χ2v) is 8.23. The molecule has 0 spiro atoms. The van der Waals surface area contributed by atoms with Crippen LogP contribution in [0.5, 0.6) is 5.75 Å². The number of hydrogen-bond donors (Lipinski definition) is 1. The lowest BCUT2D eigenvalue weighted by molar-refractivity contribution is 0.118. The van der Waals surface area contributed by atoms with Crippen LogP contribution in [0.15, 0.2) is 42.5 Å². The Morgan fingerprint density at radius 2 is 1.97 bits per heavy atom. The molecule has 32 heavy (non-hydrogen) atoms. The molecular weight excluding hydrogens is 402 g/mol. The Morgan fingerprint density at radius 3 is 2.56 bits per heavy atom. The normalized spacial score (nSPS) is 14.4. The SMILES string of the molecule is CCOc1ccc2c(c1)c(C#N)c(-c1ccc(NC(=O)OC(C)CC)cc1)n2C1CCC1. The summed E-state index contributed by atoms with van der Waals surface area (Å²) >= 11 is 0. The number of amides is 1. The van der Waals surface area contributed by atoms with E-state index in [4.69, 9.17) is 9.47 Å². The number of rotatable bonds is 7. The Hall–Kier alpha value is -3.46. The van der Waals surface area contributed by atoms with Gasteiger partial charge in [0.15, 0.2) is 0 Å². The Morgan fingerprint density at radius 1 is 1.22 bits per heavy atom. The second kappa shape index (κ2) is 9.35. The maximum atomic E-state index is 12.0. The average Bonchev–Trinajstić information content (AvgIpc) is 3.06. The van der Waals surface area contributed by atoms with Crippen LogP contribution in [-0.4, -0.2) is 23.4 Å². The monoisotopic (exact) mass is 431 g/mol. The molecule has 1 aromatic heterocycles. The van der Waals surface area contributed by atoms with E-state index in [-0.39, 0.29) is 6.10 Å². The molecule has 6 nitrogen and oxygen atoms in total. The van der Waals surface area contributed by atoms with Gasteiger partial charge in [0.1, 0.15) is 17.9 Å². The highest BCUT2D eigenvalue weighted by atomic mass is 16.6. The van der Waals surface area contributed by atoms with Gasteiger partial charge in [-0.05, 0) is 75.4 Å². The minimum absolute atomic E-state index is 0.132. The lowest BCUT2D eigenvalue weighted by Crippen LogP contribution is -2.19. The van der Waals surface area contributed by atoms with E-state index >= 15 is 0 Å². The minimum atomic E-state index is -0.461. The Kier molecular flexibility index (Phi) is 6.36. The fraction of sp³-hybridized carbons (Fsp3) is 0.385. The van der Waals surface area contributed by atoms with E-state index in [2.05, 4.69) is 22.0 Å². The van der Waals surface area contributed by atoms with Gasteiger partial charge in [0.2, 0.25) is 0 Å². The molecule has 1 amide bonds. The molecule has 6 heteroatoms. The Balaban J connectivity index is 1.73. The summed E-state index contributed by atoms with van der Waals surface area (Å²) in [6, 6.07) is 16.4. The molecule has 4 rings (SSSR count). The van der Waals surface area contributed by atoms with Crippen molar-refractivity contribution in [2.24, 2.45) is 0 Å². The molecule has 1 unspecified atom stereocenters. The van der Waals surface area contributed by atoms with Gasteiger partial charge in [0.25, 0.3) is 0 Å². The van der Waals surface area contributed by atoms with Gasteiger partial charge in [-0.15, -0.1) is 0 Å². The van der Waals surface area contributed by atoms with E-state index in [1.807, 2.05) is 57.2 Å². The zero-order valence-electron chi connectivity index (χ0n) is 18.9. The number of nitrogens with one attached hydrogen (secondary N) is 1. The van der Waals surface area contributed by atoms with Gasteiger partial charge < -0.3 is 14.0 Å². The first-order chi connectivity index (χ1) is 15.5. The lowest BCUT2D eigenvalue weighted by Gasteiger charge is -2.30. The summed E-state index contributed by atoms with van der Waals surface area (Å²) in [4.78, 5) is 12.0. The summed E-state index contributed by atoms with van der Waals surface area (Å²) in [7, 11) is 0. The highest BCUT2D eigenvalue weighted by Crippen LogP contribution is 2.43. The highest BCUT2D eigenvalue weighted by Gasteiger charge is 2.28. The molecule has 1 fully saturated rings. The molecule has 1 heterocycles. The molecule has 0 bridgehead atoms. The number of nitrogens with zero attached hydrogens (tertiary/aromatic N) is 2. The van der Waals surface area contributed by atoms with Crippen molar-refractivity contribution in [3.8, 4) is 23.1 Å². The summed E-state index contributed by atoms with van der Waals surface area (Å²) in [6.45, 7) is 6.37. The maximum absolute atomic E-state index is 12.0. The minimum Gasteiger partial charge on any atom is -0.494 e. The fourth-order valence-electron chi connectivity index (χ4n) is 4.10. The topological polar surface area (TPSA) is 76.3 Å². The van der Waals surface area contributed by atoms with Crippen LogP contribution in [0, 0.1) is 11.3 Å². The second-order valence-electron chi connectivity index (χ2n) is 8.23. The number of carbonyl (C=O) groups is 1. The first kappa shape index (κ1) is 21.8. The van der Waals surface area contributed by atoms with Crippen molar-refractivity contribution in [1.29, 1.82) is 5.26 Å². The molecule has 166 valence electrons. The molecule has 1 N–H and O–H groups in total. The third kappa shape index (κ3) is 4.16. The number of carbonyl (C=O) groups excluding carboxylic acids is 1. The van der Waals surface area contributed by atoms with E-state index in [0.717, 1.165) is 47.2 Å². The molecule has 1 atom stereocenters. The summed E-state index contributed by atoms with van der Waals surface area (Å²) in [5.74, 6) is 0.771. The van der Waals surface area contributed by atoms with E-state index in [9.17, 15) is 10.1 Å². The van der Waals surface area contributed by atoms with Crippen molar-refractivity contribution in [1.82, 2.24) is 4.57 Å². The Bertz CT molecular complexity index is 1150. The van der Waals surface area contributed by atoms with Gasteiger partial charge in [-0.2, -0.15) is 5.26 Å². The van der Waals surface area contributed by atoms with Gasteiger partial charge in [0.05, 0.1) is 23.4 Å². The first-order valence-electron chi connectivity index (χ1n) is 11.3. The van der Waals surface area contributed by atoms with Crippen molar-refractivity contribution in [2.75, 3.05) is 11.9 Å². The van der Waals surface area contributed by atoms with Crippen LogP contribution in [-0.2, 0) is 4.74 Å². The van der Waals surface area contributed by atoms with Crippen molar-refractivity contribution in [3.63, 3.8) is 0 Å². The zero-order chi connectivity index (χ0) is 22.7. The van der Waals surface area contributed by atoms with Crippen molar-refractivity contribution in [3.05, 3.63) is 48.0 Å². The molecular formula is C26H29N3O3. The molecule has 1 aliphatic carbocycles. The number of fused-ring (bicyclic) bond motifs is 1. The summed E-state index contributed by atoms with van der Waals surface area (Å²) in [6.07, 6.45) is 3.58. The molecule has 2 aromatic carbocycles. The number of hydrogen-bond acceptors (Lipinski definition) is 4. The third-order valence-electron chi connectivity index (χ3n) is 6.13. The smallest absolute Gasteiger partial charge is 0.411 e. The zero-order valence-corrected chi connectivity index (χ0v) is 18.9. The van der Waals surface area contributed by atoms with E-state index < -0.39 is 6.09 Å². The van der Waals surface area contributed by atoms with Crippen LogP contribution >= 0.6 is 0 Å². The van der Waals surface area contributed by atoms with Crippen LogP contribution in [0.3, 0.4) is 0 Å². The molecule has 0 radical (unpaired) electrons. The van der Waals surface area contributed by atoms with Crippen LogP contribution < -0.4 is 10.1 Å². The molecule has 3 aromatic rings. The lowest BCUT2D eigenvalue weighted by atomic mass is 9.92. The van der Waals surface area contributed by atoms with E-state index in [1.165, 1.54) is 6.42 Å². The van der Waals surface area contributed by atoms with Crippen LogP contribution in [0.25, 0.3) is 22.2 Å². The molecule has 1 saturated carbocycles. The predicted octanol–water partition coefficient (Wildman–Crippen LogP) is 6.65. The number of aromatic nitrogens is 1. The molecule has 0 saturated heterocycles. The van der Waals surface area contributed by atoms with Crippen molar-refractivity contribution >= 4 is 22.7 Å². The summed E-state index contributed by atoms with van der Waals surface area (Å²) < 4.78 is 13.3. The van der Waals surface area contributed by atoms with Crippen LogP contribution in [0.4, 0.5) is 10.5 Å². The molecule has 1 aliphatic rings. The highest BCUT2D eigenvalue weighted by molar-refractivity contribution is 5.96. The van der Waals surface area contributed by atoms with E-state index in [1.54, 1.807) is 0 Å². The summed E-state index contributed by atoms with van der Waals surface area (Å²) in [5, 5.41) is 13.8. The van der Waals surface area contributed by atoms with Gasteiger partial charge in [-0.25, -0.2) is 4.79 Å². The van der Waals surface area contributed by atoms with Gasteiger partial charge >= 0.3 is 6.09 Å². The standard InChI is InChI=1S/C26H29N3O3/c1-4-17(3)32-26(30)28-19-11-9-18(10-12-19)25-23(16-27)22-15-21(31-5-2)13-14-24(22)29(25)20-7-6-8-20/h9-15,17,20H,4-8H2,1-3H3,(H,28,30). The number of nitriles is 1. The predicted molar refractivity (Wildman–Crippen MR) is 126 cm³/mol. The summed E-state index contributed by atoms with van der Waals surface area (Å²) in [5.41, 5.74) is 4.25. The van der Waals surface area contributed by atoms with Crippen LogP contribution in [0.2, 0.25) is 0 Å². The first-order valence-corrected chi connectivity index (χ1v) is 11.3. The average molecular weight is 432 g/mol. The largest absolute Gasteiger partial charge is 0.494 e. The number of benzene rings is 2. The van der Waals surface area contributed by atoms with Crippen LogP contribution in [0.1, 0.15) is 58.1 Å². The maximum Gasteiger partial charge on any atom is 0.411 e.